The van der Waals surface area contributed by atoms with Crippen LogP contribution in [0.15, 0.2) is 29.1 Å². The molecule has 1 aromatic heterocycles. The Balaban J connectivity index is 1.85. The zero-order chi connectivity index (χ0) is 14.7. The Bertz CT molecular complexity index is 666. The molecule has 1 atom stereocenters. The summed E-state index contributed by atoms with van der Waals surface area (Å²) in [5, 5.41) is 9.82. The lowest BCUT2D eigenvalue weighted by Crippen LogP contribution is -2.40. The average molecular weight is 287 g/mol. The SMILES string of the molecule is O=c1[nH]c(CN2CCCC[C@@H]2CCO)nc2ccccc12. The van der Waals surface area contributed by atoms with Crippen molar-refractivity contribution < 1.29 is 5.11 Å². The lowest BCUT2D eigenvalue weighted by atomic mass is 9.99. The number of benzene rings is 1. The summed E-state index contributed by atoms with van der Waals surface area (Å²) in [4.78, 5) is 21.9. The van der Waals surface area contributed by atoms with E-state index in [1.54, 1.807) is 6.07 Å². The molecule has 3 rings (SSSR count). The summed E-state index contributed by atoms with van der Waals surface area (Å²) in [6.07, 6.45) is 4.28. The van der Waals surface area contributed by atoms with Gasteiger partial charge in [-0.25, -0.2) is 4.98 Å². The van der Waals surface area contributed by atoms with E-state index in [0.717, 1.165) is 24.9 Å². The molecule has 5 heteroatoms. The van der Waals surface area contributed by atoms with Gasteiger partial charge in [0, 0.05) is 12.6 Å². The molecular weight excluding hydrogens is 266 g/mol. The monoisotopic (exact) mass is 287 g/mol. The Morgan fingerprint density at radius 2 is 2.19 bits per heavy atom. The van der Waals surface area contributed by atoms with Gasteiger partial charge < -0.3 is 10.1 Å². The normalized spacial score (nSPS) is 20.0. The second-order valence-electron chi connectivity index (χ2n) is 5.66. The number of para-hydroxylation sites is 1. The van der Waals surface area contributed by atoms with Crippen LogP contribution in [0.3, 0.4) is 0 Å². The molecule has 0 bridgehead atoms. The number of aliphatic hydroxyl groups excluding tert-OH is 1. The fraction of sp³-hybridized carbons (Fsp3) is 0.500. The molecule has 1 aliphatic rings. The molecule has 1 fully saturated rings. The maximum absolute atomic E-state index is 12.1. The predicted molar refractivity (Wildman–Crippen MR) is 82.1 cm³/mol. The van der Waals surface area contributed by atoms with E-state index < -0.39 is 0 Å². The van der Waals surface area contributed by atoms with Gasteiger partial charge in [0.1, 0.15) is 5.82 Å². The Hall–Kier alpha value is -1.72. The van der Waals surface area contributed by atoms with Crippen molar-refractivity contribution in [1.29, 1.82) is 0 Å². The van der Waals surface area contributed by atoms with Crippen LogP contribution in [0.2, 0.25) is 0 Å². The molecule has 0 aliphatic carbocycles. The van der Waals surface area contributed by atoms with Crippen LogP contribution < -0.4 is 5.56 Å². The Kier molecular flexibility index (Phi) is 4.31. The van der Waals surface area contributed by atoms with Gasteiger partial charge in [0.25, 0.3) is 5.56 Å². The van der Waals surface area contributed by atoms with Gasteiger partial charge in [-0.3, -0.25) is 9.69 Å². The lowest BCUT2D eigenvalue weighted by molar-refractivity contribution is 0.110. The zero-order valence-corrected chi connectivity index (χ0v) is 12.1. The molecule has 5 nitrogen and oxygen atoms in total. The maximum atomic E-state index is 12.1. The standard InChI is InChI=1S/C16H21N3O2/c20-10-8-12-5-3-4-9-19(12)11-15-17-14-7-2-1-6-13(14)16(21)18-15/h1-2,6-7,12,20H,3-5,8-11H2,(H,17,18,21)/t12-/m1/s1. The minimum absolute atomic E-state index is 0.0775. The number of likely N-dealkylation sites (tertiary alicyclic amines) is 1. The molecule has 1 saturated heterocycles. The molecule has 0 unspecified atom stereocenters. The van der Waals surface area contributed by atoms with Crippen LogP contribution in [0.4, 0.5) is 0 Å². The summed E-state index contributed by atoms with van der Waals surface area (Å²) in [6, 6.07) is 7.80. The molecule has 2 N–H and O–H groups in total. The first kappa shape index (κ1) is 14.2. The molecule has 2 aromatic rings. The lowest BCUT2D eigenvalue weighted by Gasteiger charge is -2.35. The van der Waals surface area contributed by atoms with E-state index in [2.05, 4.69) is 14.9 Å². The highest BCUT2D eigenvalue weighted by atomic mass is 16.3. The first-order valence-electron chi connectivity index (χ1n) is 7.61. The second-order valence-corrected chi connectivity index (χ2v) is 5.66. The second kappa shape index (κ2) is 6.37. The minimum Gasteiger partial charge on any atom is -0.396 e. The molecule has 1 aromatic carbocycles. The highest BCUT2D eigenvalue weighted by Gasteiger charge is 2.22. The third-order valence-corrected chi connectivity index (χ3v) is 4.23. The molecular formula is C16H21N3O2. The number of H-pyrrole nitrogens is 1. The summed E-state index contributed by atoms with van der Waals surface area (Å²) in [6.45, 7) is 1.86. The van der Waals surface area contributed by atoms with Crippen molar-refractivity contribution in [2.45, 2.75) is 38.3 Å². The number of aromatic nitrogens is 2. The first-order valence-corrected chi connectivity index (χ1v) is 7.61. The van der Waals surface area contributed by atoms with Gasteiger partial charge in [-0.15, -0.1) is 0 Å². The highest BCUT2D eigenvalue weighted by Crippen LogP contribution is 2.21. The van der Waals surface area contributed by atoms with E-state index in [4.69, 9.17) is 0 Å². The van der Waals surface area contributed by atoms with Crippen molar-refractivity contribution in [3.8, 4) is 0 Å². The molecule has 0 saturated carbocycles. The van der Waals surface area contributed by atoms with Gasteiger partial charge in [-0.1, -0.05) is 18.6 Å². The number of rotatable bonds is 4. The average Bonchev–Trinajstić information content (AvgIpc) is 2.50. The maximum Gasteiger partial charge on any atom is 0.258 e. The van der Waals surface area contributed by atoms with Crippen LogP contribution in [0.5, 0.6) is 0 Å². The van der Waals surface area contributed by atoms with Crippen LogP contribution in [0.25, 0.3) is 10.9 Å². The first-order chi connectivity index (χ1) is 10.3. The minimum atomic E-state index is -0.0775. The number of hydrogen-bond acceptors (Lipinski definition) is 4. The number of nitrogens with zero attached hydrogens (tertiary/aromatic N) is 2. The fourth-order valence-corrected chi connectivity index (χ4v) is 3.15. The summed E-state index contributed by atoms with van der Waals surface area (Å²) in [7, 11) is 0. The number of hydrogen-bond donors (Lipinski definition) is 2. The van der Waals surface area contributed by atoms with E-state index in [0.29, 0.717) is 23.8 Å². The topological polar surface area (TPSA) is 69.2 Å². The van der Waals surface area contributed by atoms with Crippen LogP contribution in [-0.2, 0) is 6.54 Å². The number of nitrogens with one attached hydrogen (secondary N) is 1. The van der Waals surface area contributed by atoms with Crippen molar-refractivity contribution in [3.63, 3.8) is 0 Å². The summed E-state index contributed by atoms with van der Waals surface area (Å²) in [5.74, 6) is 0.712. The quantitative estimate of drug-likeness (QED) is 0.897. The molecule has 0 amide bonds. The van der Waals surface area contributed by atoms with Gasteiger partial charge in [0.15, 0.2) is 0 Å². The molecule has 112 valence electrons. The van der Waals surface area contributed by atoms with E-state index in [-0.39, 0.29) is 12.2 Å². The van der Waals surface area contributed by atoms with Crippen molar-refractivity contribution >= 4 is 10.9 Å². The zero-order valence-electron chi connectivity index (χ0n) is 12.1. The van der Waals surface area contributed by atoms with Crippen LogP contribution in [-0.4, -0.2) is 39.2 Å². The van der Waals surface area contributed by atoms with E-state index in [1.165, 1.54) is 12.8 Å². The summed E-state index contributed by atoms with van der Waals surface area (Å²) < 4.78 is 0. The van der Waals surface area contributed by atoms with Crippen molar-refractivity contribution in [3.05, 3.63) is 40.4 Å². The van der Waals surface area contributed by atoms with Gasteiger partial charge in [0.2, 0.25) is 0 Å². The molecule has 0 spiro atoms. The van der Waals surface area contributed by atoms with Crippen molar-refractivity contribution in [2.24, 2.45) is 0 Å². The van der Waals surface area contributed by atoms with Crippen LogP contribution >= 0.6 is 0 Å². The van der Waals surface area contributed by atoms with E-state index in [1.807, 2.05) is 18.2 Å². The van der Waals surface area contributed by atoms with E-state index in [9.17, 15) is 9.90 Å². The predicted octanol–water partition coefficient (Wildman–Crippen LogP) is 1.66. The van der Waals surface area contributed by atoms with Gasteiger partial charge in [-0.2, -0.15) is 0 Å². The van der Waals surface area contributed by atoms with E-state index >= 15 is 0 Å². The van der Waals surface area contributed by atoms with Gasteiger partial charge in [-0.05, 0) is 37.9 Å². The summed E-state index contributed by atoms with van der Waals surface area (Å²) in [5.41, 5.74) is 0.665. The number of piperidine rings is 1. The Morgan fingerprint density at radius 1 is 1.33 bits per heavy atom. The number of aliphatic hydroxyl groups is 1. The Morgan fingerprint density at radius 3 is 3.05 bits per heavy atom. The third-order valence-electron chi connectivity index (χ3n) is 4.23. The van der Waals surface area contributed by atoms with Crippen LogP contribution in [0.1, 0.15) is 31.5 Å². The van der Waals surface area contributed by atoms with Crippen molar-refractivity contribution in [1.82, 2.24) is 14.9 Å². The highest BCUT2D eigenvalue weighted by molar-refractivity contribution is 5.77. The Labute approximate surface area is 123 Å². The smallest absolute Gasteiger partial charge is 0.258 e. The molecule has 21 heavy (non-hydrogen) atoms. The number of aromatic amines is 1. The molecule has 0 radical (unpaired) electrons. The van der Waals surface area contributed by atoms with Gasteiger partial charge in [0.05, 0.1) is 17.4 Å². The fourth-order valence-electron chi connectivity index (χ4n) is 3.15. The number of fused-ring (bicyclic) bond motifs is 1. The largest absolute Gasteiger partial charge is 0.396 e. The third kappa shape index (κ3) is 3.14. The molecule has 1 aliphatic heterocycles. The van der Waals surface area contributed by atoms with Crippen LogP contribution in [0, 0.1) is 0 Å². The van der Waals surface area contributed by atoms with Gasteiger partial charge >= 0.3 is 0 Å². The molecule has 2 heterocycles. The van der Waals surface area contributed by atoms with Crippen molar-refractivity contribution in [2.75, 3.05) is 13.2 Å². The summed E-state index contributed by atoms with van der Waals surface area (Å²) >= 11 is 0.